The number of sulfonamides is 1. The summed E-state index contributed by atoms with van der Waals surface area (Å²) in [6.07, 6.45) is 0.671. The Labute approximate surface area is 176 Å². The van der Waals surface area contributed by atoms with Crippen molar-refractivity contribution in [2.75, 3.05) is 11.4 Å². The fourth-order valence-electron chi connectivity index (χ4n) is 4.24. The highest BCUT2D eigenvalue weighted by molar-refractivity contribution is 7.89. The molecule has 1 aliphatic rings. The number of rotatable bonds is 5. The molecule has 156 valence electrons. The molecule has 1 heterocycles. The SMILES string of the molecule is C[C@@H]1Cc2cc(S(N)(=O)=O)ccc2N1CC(=O)N[C@H](C)c1cccc2ccccc12. The Hall–Kier alpha value is -2.90. The summed E-state index contributed by atoms with van der Waals surface area (Å²) >= 11 is 0. The molecular weight excluding hydrogens is 398 g/mol. The largest absolute Gasteiger partial charge is 0.359 e. The second kappa shape index (κ2) is 7.74. The van der Waals surface area contributed by atoms with Crippen LogP contribution >= 0.6 is 0 Å². The Balaban J connectivity index is 1.51. The van der Waals surface area contributed by atoms with Crippen molar-refractivity contribution >= 4 is 32.4 Å². The molecule has 0 unspecified atom stereocenters. The van der Waals surface area contributed by atoms with Crippen molar-refractivity contribution in [2.24, 2.45) is 5.14 Å². The van der Waals surface area contributed by atoms with Crippen LogP contribution in [0.2, 0.25) is 0 Å². The number of hydrogen-bond acceptors (Lipinski definition) is 4. The summed E-state index contributed by atoms with van der Waals surface area (Å²) in [5.41, 5.74) is 2.85. The number of nitrogens with one attached hydrogen (secondary N) is 1. The van der Waals surface area contributed by atoms with E-state index in [2.05, 4.69) is 23.5 Å². The first kappa shape index (κ1) is 20.4. The second-order valence-corrected chi connectivity index (χ2v) is 9.44. The summed E-state index contributed by atoms with van der Waals surface area (Å²) in [5.74, 6) is -0.0781. The quantitative estimate of drug-likeness (QED) is 0.659. The first-order chi connectivity index (χ1) is 14.2. The molecule has 0 saturated heterocycles. The number of hydrogen-bond donors (Lipinski definition) is 2. The predicted octanol–water partition coefficient (Wildman–Crippen LogP) is 3.12. The maximum Gasteiger partial charge on any atom is 0.240 e. The average molecular weight is 424 g/mol. The van der Waals surface area contributed by atoms with E-state index < -0.39 is 10.0 Å². The highest BCUT2D eigenvalue weighted by Crippen LogP contribution is 2.33. The van der Waals surface area contributed by atoms with Crippen LogP contribution in [0.4, 0.5) is 5.69 Å². The molecule has 3 N–H and O–H groups in total. The van der Waals surface area contributed by atoms with E-state index in [1.54, 1.807) is 12.1 Å². The fraction of sp³-hybridized carbons (Fsp3) is 0.261. The van der Waals surface area contributed by atoms with Crippen molar-refractivity contribution in [3.63, 3.8) is 0 Å². The molecule has 0 radical (unpaired) electrons. The van der Waals surface area contributed by atoms with Crippen LogP contribution in [0.3, 0.4) is 0 Å². The maximum absolute atomic E-state index is 12.8. The van der Waals surface area contributed by atoms with Gasteiger partial charge in [0.25, 0.3) is 0 Å². The Kier molecular flexibility index (Phi) is 5.26. The van der Waals surface area contributed by atoms with Gasteiger partial charge in [-0.15, -0.1) is 0 Å². The highest BCUT2D eigenvalue weighted by atomic mass is 32.2. The normalized spacial score (nSPS) is 17.0. The minimum atomic E-state index is -3.74. The third-order valence-corrected chi connectivity index (χ3v) is 6.63. The van der Waals surface area contributed by atoms with Crippen molar-refractivity contribution in [1.82, 2.24) is 5.32 Å². The van der Waals surface area contributed by atoms with Crippen molar-refractivity contribution in [3.8, 4) is 0 Å². The molecule has 3 aromatic carbocycles. The van der Waals surface area contributed by atoms with E-state index in [1.165, 1.54) is 6.07 Å². The number of amides is 1. The maximum atomic E-state index is 12.8. The van der Waals surface area contributed by atoms with Crippen LogP contribution in [0.15, 0.2) is 65.6 Å². The molecule has 1 amide bonds. The predicted molar refractivity (Wildman–Crippen MR) is 119 cm³/mol. The minimum absolute atomic E-state index is 0.0781. The van der Waals surface area contributed by atoms with Gasteiger partial charge in [-0.1, -0.05) is 42.5 Å². The Morgan fingerprint density at radius 1 is 1.17 bits per heavy atom. The second-order valence-electron chi connectivity index (χ2n) is 7.87. The van der Waals surface area contributed by atoms with Gasteiger partial charge in [0.15, 0.2) is 0 Å². The molecular formula is C23H25N3O3S. The lowest BCUT2D eigenvalue weighted by molar-refractivity contribution is -0.120. The van der Waals surface area contributed by atoms with Crippen molar-refractivity contribution in [2.45, 2.75) is 37.2 Å². The first-order valence-corrected chi connectivity index (χ1v) is 11.5. The van der Waals surface area contributed by atoms with Gasteiger partial charge in [0.2, 0.25) is 15.9 Å². The molecule has 4 rings (SSSR count). The monoisotopic (exact) mass is 423 g/mol. The Morgan fingerprint density at radius 2 is 1.90 bits per heavy atom. The molecule has 0 bridgehead atoms. The van der Waals surface area contributed by atoms with Gasteiger partial charge in [-0.25, -0.2) is 13.6 Å². The standard InChI is InChI=1S/C23H25N3O3S/c1-15-12-18-13-19(30(24,28)29)10-11-22(18)26(15)14-23(27)25-16(2)20-9-5-7-17-6-3-4-8-21(17)20/h3-11,13,15-16H,12,14H2,1-2H3,(H,25,27)(H2,24,28,29)/t15-,16-/m1/s1. The summed E-state index contributed by atoms with van der Waals surface area (Å²) in [6, 6.07) is 19.0. The molecule has 0 fully saturated rings. The summed E-state index contributed by atoms with van der Waals surface area (Å²) in [7, 11) is -3.74. The van der Waals surface area contributed by atoms with Crippen molar-refractivity contribution in [1.29, 1.82) is 0 Å². The number of primary sulfonamides is 1. The molecule has 0 aliphatic carbocycles. The van der Waals surface area contributed by atoms with Crippen LogP contribution in [0.5, 0.6) is 0 Å². The van der Waals surface area contributed by atoms with Gasteiger partial charge >= 0.3 is 0 Å². The number of carbonyl (C=O) groups is 1. The molecule has 30 heavy (non-hydrogen) atoms. The summed E-state index contributed by atoms with van der Waals surface area (Å²) in [6.45, 7) is 4.22. The van der Waals surface area contributed by atoms with Gasteiger partial charge in [0, 0.05) is 11.7 Å². The molecule has 0 saturated carbocycles. The number of nitrogens with two attached hydrogens (primary N) is 1. The van der Waals surface area contributed by atoms with Gasteiger partial charge in [-0.05, 0) is 60.4 Å². The lowest BCUT2D eigenvalue weighted by Crippen LogP contribution is -2.40. The zero-order chi connectivity index (χ0) is 21.5. The summed E-state index contributed by atoms with van der Waals surface area (Å²) < 4.78 is 23.2. The third kappa shape index (κ3) is 3.91. The van der Waals surface area contributed by atoms with E-state index in [0.717, 1.165) is 27.6 Å². The lowest BCUT2D eigenvalue weighted by Gasteiger charge is -2.25. The van der Waals surface area contributed by atoms with E-state index >= 15 is 0 Å². The zero-order valence-electron chi connectivity index (χ0n) is 17.0. The van der Waals surface area contributed by atoms with E-state index in [1.807, 2.05) is 43.0 Å². The van der Waals surface area contributed by atoms with E-state index in [9.17, 15) is 13.2 Å². The van der Waals surface area contributed by atoms with Crippen LogP contribution in [-0.4, -0.2) is 26.9 Å². The number of fused-ring (bicyclic) bond motifs is 2. The van der Waals surface area contributed by atoms with E-state index in [4.69, 9.17) is 5.14 Å². The molecule has 0 spiro atoms. The smallest absolute Gasteiger partial charge is 0.240 e. The van der Waals surface area contributed by atoms with Crippen LogP contribution in [0.25, 0.3) is 10.8 Å². The molecule has 2 atom stereocenters. The van der Waals surface area contributed by atoms with Gasteiger partial charge in [-0.3, -0.25) is 4.79 Å². The minimum Gasteiger partial charge on any atom is -0.359 e. The number of carbonyl (C=O) groups excluding carboxylic acids is 1. The van der Waals surface area contributed by atoms with Crippen LogP contribution in [0, 0.1) is 0 Å². The van der Waals surface area contributed by atoms with Gasteiger partial charge in [0.1, 0.15) is 0 Å². The van der Waals surface area contributed by atoms with Crippen LogP contribution in [0.1, 0.15) is 31.0 Å². The van der Waals surface area contributed by atoms with Gasteiger partial charge in [-0.2, -0.15) is 0 Å². The average Bonchev–Trinajstić information content (AvgIpc) is 3.01. The Morgan fingerprint density at radius 3 is 2.67 bits per heavy atom. The zero-order valence-corrected chi connectivity index (χ0v) is 17.8. The number of benzene rings is 3. The Bertz CT molecular complexity index is 1220. The molecule has 6 nitrogen and oxygen atoms in total. The number of anilines is 1. The highest BCUT2D eigenvalue weighted by Gasteiger charge is 2.29. The van der Waals surface area contributed by atoms with Crippen molar-refractivity contribution in [3.05, 3.63) is 71.8 Å². The van der Waals surface area contributed by atoms with E-state index in [0.29, 0.717) is 6.42 Å². The van der Waals surface area contributed by atoms with Gasteiger partial charge in [0.05, 0.1) is 17.5 Å². The fourth-order valence-corrected chi connectivity index (χ4v) is 4.80. The number of nitrogens with zero attached hydrogens (tertiary/aromatic N) is 1. The van der Waals surface area contributed by atoms with Crippen molar-refractivity contribution < 1.29 is 13.2 Å². The van der Waals surface area contributed by atoms with E-state index in [-0.39, 0.29) is 29.4 Å². The lowest BCUT2D eigenvalue weighted by atomic mass is 10.00. The topological polar surface area (TPSA) is 92.5 Å². The molecule has 7 heteroatoms. The first-order valence-electron chi connectivity index (χ1n) is 9.93. The summed E-state index contributed by atoms with van der Waals surface area (Å²) in [5, 5.41) is 10.6. The molecule has 1 aliphatic heterocycles. The third-order valence-electron chi connectivity index (χ3n) is 5.72. The van der Waals surface area contributed by atoms with Gasteiger partial charge < -0.3 is 10.2 Å². The van der Waals surface area contributed by atoms with Crippen LogP contribution < -0.4 is 15.4 Å². The molecule has 0 aromatic heterocycles. The molecule has 3 aromatic rings. The summed E-state index contributed by atoms with van der Waals surface area (Å²) in [4.78, 5) is 14.9. The van der Waals surface area contributed by atoms with Crippen LogP contribution in [-0.2, 0) is 21.2 Å².